The molecule has 1 aliphatic rings. The van der Waals surface area contributed by atoms with Gasteiger partial charge in [-0.05, 0) is 55.0 Å². The van der Waals surface area contributed by atoms with Crippen molar-refractivity contribution in [2.75, 3.05) is 0 Å². The van der Waals surface area contributed by atoms with Gasteiger partial charge in [0, 0.05) is 5.39 Å². The lowest BCUT2D eigenvalue weighted by Crippen LogP contribution is -2.05. The minimum absolute atomic E-state index is 0.500. The van der Waals surface area contributed by atoms with Gasteiger partial charge in [0.25, 0.3) is 0 Å². The van der Waals surface area contributed by atoms with E-state index in [1.54, 1.807) is 0 Å². The van der Waals surface area contributed by atoms with Crippen molar-refractivity contribution in [3.63, 3.8) is 0 Å². The van der Waals surface area contributed by atoms with E-state index in [2.05, 4.69) is 47.8 Å². The van der Waals surface area contributed by atoms with Gasteiger partial charge in [-0.3, -0.25) is 0 Å². The third-order valence-corrected chi connectivity index (χ3v) is 4.77. The number of hydrogen-bond acceptors (Lipinski definition) is 2. The highest BCUT2D eigenvalue weighted by Crippen LogP contribution is 2.32. The van der Waals surface area contributed by atoms with Crippen LogP contribution in [0.25, 0.3) is 10.9 Å². The van der Waals surface area contributed by atoms with E-state index >= 15 is 0 Å². The molecule has 0 spiro atoms. The Morgan fingerprint density at radius 1 is 0.917 bits per heavy atom. The summed E-state index contributed by atoms with van der Waals surface area (Å²) >= 11 is 0. The predicted molar refractivity (Wildman–Crippen MR) is 98.0 cm³/mol. The number of rotatable bonds is 4. The van der Waals surface area contributed by atoms with Crippen LogP contribution in [0.4, 0.5) is 0 Å². The molecule has 1 atom stereocenters. The second-order valence-electron chi connectivity index (χ2n) is 6.48. The summed E-state index contributed by atoms with van der Waals surface area (Å²) < 4.78 is 5.91. The number of hydrogen-bond donors (Lipinski definition) is 0. The molecule has 1 saturated carbocycles. The van der Waals surface area contributed by atoms with Gasteiger partial charge in [-0.2, -0.15) is 0 Å². The first-order chi connectivity index (χ1) is 11.9. The van der Waals surface area contributed by atoms with E-state index in [0.29, 0.717) is 12.5 Å². The Hall–Kier alpha value is -2.35. The third kappa shape index (κ3) is 3.43. The molecule has 2 nitrogen and oxygen atoms in total. The Morgan fingerprint density at radius 2 is 1.79 bits per heavy atom. The van der Waals surface area contributed by atoms with Gasteiger partial charge in [-0.15, -0.1) is 0 Å². The van der Waals surface area contributed by atoms with Crippen molar-refractivity contribution in [3.8, 4) is 5.75 Å². The van der Waals surface area contributed by atoms with Crippen LogP contribution in [0.5, 0.6) is 5.75 Å². The number of pyridine rings is 1. The summed E-state index contributed by atoms with van der Waals surface area (Å²) in [6, 6.07) is 20.9. The normalized spacial score (nSPS) is 15.5. The van der Waals surface area contributed by atoms with E-state index < -0.39 is 0 Å². The van der Waals surface area contributed by atoms with E-state index in [1.165, 1.54) is 31.2 Å². The highest BCUT2D eigenvalue weighted by atomic mass is 16.5. The number of para-hydroxylation sites is 1. The van der Waals surface area contributed by atoms with Gasteiger partial charge in [-0.25, -0.2) is 4.98 Å². The molecule has 4 rings (SSSR count). The lowest BCUT2D eigenvalue weighted by atomic mass is 9.84. The fourth-order valence-electron chi connectivity index (χ4n) is 3.41. The molecule has 1 radical (unpaired) electrons. The molecule has 0 N–H and O–H groups in total. The topological polar surface area (TPSA) is 22.1 Å². The molecule has 0 saturated heterocycles. The summed E-state index contributed by atoms with van der Waals surface area (Å²) in [6.45, 7) is 0.500. The summed E-state index contributed by atoms with van der Waals surface area (Å²) in [5, 5.41) is 1.16. The maximum atomic E-state index is 5.91. The maximum absolute atomic E-state index is 5.91. The van der Waals surface area contributed by atoms with Crippen LogP contribution in [0, 0.1) is 6.42 Å². The van der Waals surface area contributed by atoms with Crippen molar-refractivity contribution in [2.24, 2.45) is 0 Å². The van der Waals surface area contributed by atoms with Gasteiger partial charge in [0.1, 0.15) is 12.4 Å². The highest BCUT2D eigenvalue weighted by molar-refractivity contribution is 5.78. The standard InChI is InChI=1S/C22H22NO/c1-2-6-17(7-3-1)18-11-14-21(15-12-18)24-16-20-13-10-19-8-4-5-9-22(19)23-20/h4-6,8-15,17H,1-3,7,16H2. The van der Waals surface area contributed by atoms with Gasteiger partial charge < -0.3 is 4.74 Å². The van der Waals surface area contributed by atoms with Crippen LogP contribution in [-0.2, 0) is 6.61 Å². The summed E-state index contributed by atoms with van der Waals surface area (Å²) in [5.74, 6) is 1.53. The molecule has 2 aromatic carbocycles. The monoisotopic (exact) mass is 316 g/mol. The van der Waals surface area contributed by atoms with Crippen LogP contribution >= 0.6 is 0 Å². The third-order valence-electron chi connectivity index (χ3n) is 4.77. The Kier molecular flexibility index (Phi) is 4.46. The molecule has 24 heavy (non-hydrogen) atoms. The van der Waals surface area contributed by atoms with Crippen molar-refractivity contribution in [1.82, 2.24) is 4.98 Å². The average molecular weight is 316 g/mol. The molecule has 1 unspecified atom stereocenters. The van der Waals surface area contributed by atoms with Gasteiger partial charge in [0.2, 0.25) is 0 Å². The highest BCUT2D eigenvalue weighted by Gasteiger charge is 2.15. The molecular formula is C22H22NO. The summed E-state index contributed by atoms with van der Waals surface area (Å²) in [7, 11) is 0. The molecule has 0 amide bonds. The molecule has 1 heterocycles. The number of benzene rings is 2. The van der Waals surface area contributed by atoms with Crippen molar-refractivity contribution in [1.29, 1.82) is 0 Å². The minimum atomic E-state index is 0.500. The van der Waals surface area contributed by atoms with Crippen molar-refractivity contribution < 1.29 is 4.74 Å². The van der Waals surface area contributed by atoms with Crippen LogP contribution in [0.1, 0.15) is 42.9 Å². The number of fused-ring (bicyclic) bond motifs is 1. The van der Waals surface area contributed by atoms with Crippen LogP contribution in [-0.4, -0.2) is 4.98 Å². The summed E-state index contributed by atoms with van der Waals surface area (Å²) in [4.78, 5) is 4.65. The molecule has 1 fully saturated rings. The first-order valence-electron chi connectivity index (χ1n) is 8.79. The van der Waals surface area contributed by atoms with Crippen LogP contribution in [0.3, 0.4) is 0 Å². The Labute approximate surface area is 143 Å². The van der Waals surface area contributed by atoms with Crippen molar-refractivity contribution in [3.05, 3.63) is 78.3 Å². The van der Waals surface area contributed by atoms with Crippen LogP contribution in [0.2, 0.25) is 0 Å². The largest absolute Gasteiger partial charge is 0.487 e. The zero-order valence-electron chi connectivity index (χ0n) is 13.8. The Bertz CT molecular complexity index is 804. The number of nitrogens with zero attached hydrogens (tertiary/aromatic N) is 1. The van der Waals surface area contributed by atoms with Gasteiger partial charge in [0.15, 0.2) is 0 Å². The summed E-state index contributed by atoms with van der Waals surface area (Å²) in [6.07, 6.45) is 7.67. The smallest absolute Gasteiger partial charge is 0.130 e. The molecule has 0 aliphatic heterocycles. The number of ether oxygens (including phenoxy) is 1. The fraction of sp³-hybridized carbons (Fsp3) is 0.273. The molecule has 2 heteroatoms. The lowest BCUT2D eigenvalue weighted by Gasteiger charge is -2.21. The predicted octanol–water partition coefficient (Wildman–Crippen LogP) is 5.68. The maximum Gasteiger partial charge on any atom is 0.130 e. The van der Waals surface area contributed by atoms with E-state index in [1.807, 2.05) is 24.3 Å². The molecule has 121 valence electrons. The second kappa shape index (κ2) is 7.04. The SMILES string of the molecule is [CH]1CCCCC1c1ccc(OCc2ccc3ccccc3n2)cc1. The Morgan fingerprint density at radius 3 is 2.62 bits per heavy atom. The lowest BCUT2D eigenvalue weighted by molar-refractivity contribution is 0.301. The van der Waals surface area contributed by atoms with E-state index in [9.17, 15) is 0 Å². The van der Waals surface area contributed by atoms with Crippen LogP contribution < -0.4 is 4.74 Å². The first-order valence-corrected chi connectivity index (χ1v) is 8.79. The van der Waals surface area contributed by atoms with Crippen LogP contribution in [0.15, 0.2) is 60.7 Å². The molecular weight excluding hydrogens is 294 g/mol. The first kappa shape index (κ1) is 15.2. The quantitative estimate of drug-likeness (QED) is 0.618. The Balaban J connectivity index is 1.41. The minimum Gasteiger partial charge on any atom is -0.487 e. The van der Waals surface area contributed by atoms with Gasteiger partial charge in [-0.1, -0.05) is 49.2 Å². The molecule has 0 bridgehead atoms. The van der Waals surface area contributed by atoms with E-state index in [4.69, 9.17) is 4.74 Å². The summed E-state index contributed by atoms with van der Waals surface area (Å²) in [5.41, 5.74) is 3.38. The van der Waals surface area contributed by atoms with Gasteiger partial charge in [0.05, 0.1) is 11.2 Å². The van der Waals surface area contributed by atoms with E-state index in [0.717, 1.165) is 22.3 Å². The average Bonchev–Trinajstić information content (AvgIpc) is 2.67. The zero-order chi connectivity index (χ0) is 16.2. The second-order valence-corrected chi connectivity index (χ2v) is 6.48. The van der Waals surface area contributed by atoms with E-state index in [-0.39, 0.29) is 0 Å². The molecule has 3 aromatic rings. The zero-order valence-corrected chi connectivity index (χ0v) is 13.8. The number of aromatic nitrogens is 1. The van der Waals surface area contributed by atoms with Crippen molar-refractivity contribution in [2.45, 2.75) is 38.2 Å². The molecule has 1 aliphatic carbocycles. The van der Waals surface area contributed by atoms with Gasteiger partial charge >= 0.3 is 0 Å². The molecule has 1 aromatic heterocycles. The fourth-order valence-corrected chi connectivity index (χ4v) is 3.41. The van der Waals surface area contributed by atoms with Crippen molar-refractivity contribution >= 4 is 10.9 Å².